The first kappa shape index (κ1) is 12.3. The van der Waals surface area contributed by atoms with E-state index in [1.165, 1.54) is 0 Å². The van der Waals surface area contributed by atoms with Gasteiger partial charge in [-0.15, -0.1) is 0 Å². The molecular formula is C13H11N3OS. The van der Waals surface area contributed by atoms with Gasteiger partial charge in [-0.05, 0) is 24.3 Å². The second kappa shape index (κ2) is 5.43. The van der Waals surface area contributed by atoms with Crippen molar-refractivity contribution >= 4 is 16.5 Å². The molecule has 4 nitrogen and oxygen atoms in total. The van der Waals surface area contributed by atoms with Gasteiger partial charge in [0, 0.05) is 22.3 Å². The molecule has 18 heavy (non-hydrogen) atoms. The zero-order valence-electron chi connectivity index (χ0n) is 9.54. The van der Waals surface area contributed by atoms with Crippen molar-refractivity contribution in [3.63, 3.8) is 0 Å². The Kier molecular flexibility index (Phi) is 3.70. The van der Waals surface area contributed by atoms with Crippen LogP contribution >= 0.6 is 0 Å². The predicted octanol–water partition coefficient (Wildman–Crippen LogP) is 1.84. The molecule has 0 spiro atoms. The maximum Gasteiger partial charge on any atom is 0.144 e. The van der Waals surface area contributed by atoms with E-state index in [0.717, 1.165) is 0 Å². The van der Waals surface area contributed by atoms with Gasteiger partial charge in [0.25, 0.3) is 0 Å². The molecule has 1 aromatic heterocycles. The average molecular weight is 257 g/mol. The summed E-state index contributed by atoms with van der Waals surface area (Å²) in [6, 6.07) is 12.4. The smallest absolute Gasteiger partial charge is 0.144 e. The van der Waals surface area contributed by atoms with Crippen molar-refractivity contribution in [3.05, 3.63) is 53.9 Å². The van der Waals surface area contributed by atoms with Crippen LogP contribution in [0.4, 0.5) is 5.69 Å². The first-order valence-electron chi connectivity index (χ1n) is 5.28. The van der Waals surface area contributed by atoms with E-state index in [0.29, 0.717) is 21.8 Å². The highest BCUT2D eigenvalue weighted by molar-refractivity contribution is 7.84. The maximum atomic E-state index is 12.2. The zero-order chi connectivity index (χ0) is 13.0. The lowest BCUT2D eigenvalue weighted by atomic mass is 10.2. The van der Waals surface area contributed by atoms with E-state index in [9.17, 15) is 4.21 Å². The van der Waals surface area contributed by atoms with Gasteiger partial charge < -0.3 is 5.73 Å². The summed E-state index contributed by atoms with van der Waals surface area (Å²) in [6.45, 7) is 0. The third-order valence-corrected chi connectivity index (χ3v) is 3.76. The summed E-state index contributed by atoms with van der Waals surface area (Å²) in [6.07, 6.45) is 1.55. The van der Waals surface area contributed by atoms with Gasteiger partial charge >= 0.3 is 0 Å². The van der Waals surface area contributed by atoms with Crippen molar-refractivity contribution < 1.29 is 4.21 Å². The number of aromatic nitrogens is 1. The summed E-state index contributed by atoms with van der Waals surface area (Å²) in [5, 5.41) is 8.91. The molecule has 0 amide bonds. The minimum absolute atomic E-state index is 0.264. The topological polar surface area (TPSA) is 79.8 Å². The van der Waals surface area contributed by atoms with Gasteiger partial charge in [-0.1, -0.05) is 12.1 Å². The number of pyridine rings is 1. The van der Waals surface area contributed by atoms with Crippen LogP contribution in [0, 0.1) is 11.3 Å². The normalized spacial score (nSPS) is 11.7. The molecule has 0 aliphatic rings. The molecular weight excluding hydrogens is 246 g/mol. The molecule has 0 fully saturated rings. The molecule has 0 radical (unpaired) electrons. The molecule has 2 rings (SSSR count). The van der Waals surface area contributed by atoms with Crippen LogP contribution in [0.5, 0.6) is 0 Å². The Hall–Kier alpha value is -2.19. The molecule has 1 atom stereocenters. The van der Waals surface area contributed by atoms with Crippen molar-refractivity contribution in [2.45, 2.75) is 10.6 Å². The molecule has 90 valence electrons. The van der Waals surface area contributed by atoms with E-state index in [2.05, 4.69) is 4.98 Å². The summed E-state index contributed by atoms with van der Waals surface area (Å²) in [4.78, 5) is 4.60. The van der Waals surface area contributed by atoms with E-state index < -0.39 is 10.8 Å². The first-order chi connectivity index (χ1) is 8.70. The Balaban J connectivity index is 2.25. The van der Waals surface area contributed by atoms with E-state index in [4.69, 9.17) is 11.0 Å². The van der Waals surface area contributed by atoms with Gasteiger partial charge in [0.1, 0.15) is 11.8 Å². The highest BCUT2D eigenvalue weighted by atomic mass is 32.2. The number of benzene rings is 1. The van der Waals surface area contributed by atoms with Crippen LogP contribution in [0.1, 0.15) is 11.3 Å². The summed E-state index contributed by atoms with van der Waals surface area (Å²) >= 11 is 0. The van der Waals surface area contributed by atoms with Crippen molar-refractivity contribution in [2.75, 3.05) is 5.73 Å². The standard InChI is InChI=1S/C13H11N3OS/c14-8-13-10(3-2-6-16-13)9-18(17)12-5-1-4-11(15)7-12/h1-7H,9,15H2. The van der Waals surface area contributed by atoms with E-state index in [1.807, 2.05) is 6.07 Å². The monoisotopic (exact) mass is 257 g/mol. The first-order valence-corrected chi connectivity index (χ1v) is 6.60. The third-order valence-electron chi connectivity index (χ3n) is 2.40. The molecule has 2 N–H and O–H groups in total. The van der Waals surface area contributed by atoms with Crippen molar-refractivity contribution in [3.8, 4) is 6.07 Å². The molecule has 5 heteroatoms. The molecule has 1 aromatic carbocycles. The van der Waals surface area contributed by atoms with Gasteiger partial charge in [-0.2, -0.15) is 5.26 Å². The zero-order valence-corrected chi connectivity index (χ0v) is 10.4. The lowest BCUT2D eigenvalue weighted by Crippen LogP contribution is -2.00. The molecule has 2 aromatic rings. The molecule has 0 aliphatic heterocycles. The van der Waals surface area contributed by atoms with Crippen LogP contribution < -0.4 is 5.73 Å². The second-order valence-corrected chi connectivity index (χ2v) is 5.14. The molecule has 1 unspecified atom stereocenters. The van der Waals surface area contributed by atoms with Crippen molar-refractivity contribution in [1.82, 2.24) is 4.98 Å². The fourth-order valence-electron chi connectivity index (χ4n) is 1.54. The Labute approximate surface area is 108 Å². The summed E-state index contributed by atoms with van der Waals surface area (Å²) < 4.78 is 12.2. The molecule has 0 bridgehead atoms. The number of rotatable bonds is 3. The largest absolute Gasteiger partial charge is 0.399 e. The second-order valence-electron chi connectivity index (χ2n) is 3.69. The molecule has 0 saturated heterocycles. The fourth-order valence-corrected chi connectivity index (χ4v) is 2.72. The Morgan fingerprint density at radius 3 is 2.89 bits per heavy atom. The molecule has 0 saturated carbocycles. The van der Waals surface area contributed by atoms with Gasteiger partial charge in [0.15, 0.2) is 0 Å². The van der Waals surface area contributed by atoms with Crippen LogP contribution in [0.15, 0.2) is 47.5 Å². The van der Waals surface area contributed by atoms with Crippen molar-refractivity contribution in [2.24, 2.45) is 0 Å². The van der Waals surface area contributed by atoms with E-state index in [1.54, 1.807) is 42.6 Å². The quantitative estimate of drug-likeness (QED) is 0.851. The van der Waals surface area contributed by atoms with Crippen LogP contribution in [0.25, 0.3) is 0 Å². The minimum Gasteiger partial charge on any atom is -0.399 e. The third kappa shape index (κ3) is 2.73. The summed E-state index contributed by atoms with van der Waals surface area (Å²) in [7, 11) is -1.23. The average Bonchev–Trinajstić information content (AvgIpc) is 2.39. The minimum atomic E-state index is -1.23. The van der Waals surface area contributed by atoms with Crippen LogP contribution in [-0.2, 0) is 16.6 Å². The lowest BCUT2D eigenvalue weighted by Gasteiger charge is -2.04. The number of anilines is 1. The number of hydrogen-bond acceptors (Lipinski definition) is 4. The van der Waals surface area contributed by atoms with E-state index in [-0.39, 0.29) is 5.75 Å². The van der Waals surface area contributed by atoms with Crippen LogP contribution in [0.2, 0.25) is 0 Å². The van der Waals surface area contributed by atoms with Gasteiger partial charge in [0.05, 0.1) is 16.6 Å². The summed E-state index contributed by atoms with van der Waals surface area (Å²) in [5.74, 6) is 0.264. The van der Waals surface area contributed by atoms with Gasteiger partial charge in [0.2, 0.25) is 0 Å². The SMILES string of the molecule is N#Cc1ncccc1CS(=O)c1cccc(N)c1. The van der Waals surface area contributed by atoms with Crippen LogP contribution in [0.3, 0.4) is 0 Å². The van der Waals surface area contributed by atoms with Crippen molar-refractivity contribution in [1.29, 1.82) is 5.26 Å². The van der Waals surface area contributed by atoms with Gasteiger partial charge in [-0.3, -0.25) is 4.21 Å². The lowest BCUT2D eigenvalue weighted by molar-refractivity contribution is 0.682. The number of nitriles is 1. The highest BCUT2D eigenvalue weighted by Gasteiger charge is 2.09. The Morgan fingerprint density at radius 1 is 1.33 bits per heavy atom. The number of nitrogen functional groups attached to an aromatic ring is 1. The molecule has 1 heterocycles. The number of nitrogens with two attached hydrogens (primary N) is 1. The van der Waals surface area contributed by atoms with Crippen LogP contribution in [-0.4, -0.2) is 9.19 Å². The number of nitrogens with zero attached hydrogens (tertiary/aromatic N) is 2. The predicted molar refractivity (Wildman–Crippen MR) is 69.9 cm³/mol. The van der Waals surface area contributed by atoms with E-state index >= 15 is 0 Å². The Bertz CT molecular complexity index is 634. The fraction of sp³-hybridized carbons (Fsp3) is 0.0769. The highest BCUT2D eigenvalue weighted by Crippen LogP contribution is 2.16. The Morgan fingerprint density at radius 2 is 2.17 bits per heavy atom. The van der Waals surface area contributed by atoms with Gasteiger partial charge in [-0.25, -0.2) is 4.98 Å². The summed E-state index contributed by atoms with van der Waals surface area (Å²) in [5.41, 5.74) is 7.22. The maximum absolute atomic E-state index is 12.2. The molecule has 0 aliphatic carbocycles. The number of hydrogen-bond donors (Lipinski definition) is 1.